The topological polar surface area (TPSA) is 55.8 Å². The van der Waals surface area contributed by atoms with Crippen molar-refractivity contribution in [2.45, 2.75) is 73.6 Å². The first kappa shape index (κ1) is 24.4. The van der Waals surface area contributed by atoms with Crippen LogP contribution in [0.4, 0.5) is 15.8 Å². The minimum Gasteiger partial charge on any atom is -0.461 e. The molecule has 0 aliphatic carbocycles. The Morgan fingerprint density at radius 2 is 1.13 bits per heavy atom. The summed E-state index contributed by atoms with van der Waals surface area (Å²) in [6.45, 7) is 14.0. The van der Waals surface area contributed by atoms with Crippen LogP contribution in [0.5, 0.6) is 0 Å². The van der Waals surface area contributed by atoms with E-state index in [-0.39, 0.29) is 5.82 Å². The third-order valence-corrected chi connectivity index (χ3v) is 4.59. The van der Waals surface area contributed by atoms with Crippen LogP contribution in [0.15, 0.2) is 30.3 Å². The highest BCUT2D eigenvalue weighted by Crippen LogP contribution is 2.33. The fraction of sp³-hybridized carbons (Fsp3) is 0.440. The largest absolute Gasteiger partial charge is 0.461 e. The lowest BCUT2D eigenvalue weighted by Gasteiger charge is -2.32. The van der Waals surface area contributed by atoms with Crippen molar-refractivity contribution in [3.05, 3.63) is 58.4 Å². The Kier molecular flexibility index (Phi) is 7.82. The first-order chi connectivity index (χ1) is 14.4. The van der Waals surface area contributed by atoms with Gasteiger partial charge in [-0.25, -0.2) is 14.0 Å². The zero-order chi connectivity index (χ0) is 23.5. The molecule has 31 heavy (non-hydrogen) atoms. The van der Waals surface area contributed by atoms with Crippen LogP contribution in [0, 0.1) is 33.5 Å². The second kappa shape index (κ2) is 9.94. The van der Waals surface area contributed by atoms with Gasteiger partial charge in [0.05, 0.1) is 12.2 Å². The van der Waals surface area contributed by atoms with E-state index in [2.05, 4.69) is 0 Å². The number of rotatable bonds is 7. The van der Waals surface area contributed by atoms with E-state index in [1.807, 2.05) is 32.0 Å². The van der Waals surface area contributed by atoms with Gasteiger partial charge in [-0.05, 0) is 102 Å². The molecule has 0 bridgehead atoms. The maximum absolute atomic E-state index is 14.4. The summed E-state index contributed by atoms with van der Waals surface area (Å²) in [5, 5.41) is 0. The van der Waals surface area contributed by atoms with Crippen molar-refractivity contribution in [3.63, 3.8) is 0 Å². The summed E-state index contributed by atoms with van der Waals surface area (Å²) in [6, 6.07) is 7.61. The maximum Gasteiger partial charge on any atom is 0.341 e. The summed E-state index contributed by atoms with van der Waals surface area (Å²) >= 11 is 0. The summed E-state index contributed by atoms with van der Waals surface area (Å²) in [5.41, 5.74) is 3.88. The molecule has 0 aromatic heterocycles. The van der Waals surface area contributed by atoms with E-state index in [4.69, 9.17) is 9.47 Å². The number of benzene rings is 2. The van der Waals surface area contributed by atoms with Gasteiger partial charge in [-0.2, -0.15) is 0 Å². The fourth-order valence-corrected chi connectivity index (χ4v) is 3.50. The van der Waals surface area contributed by atoms with Crippen molar-refractivity contribution in [2.75, 3.05) is 4.90 Å². The number of aryl methyl sites for hydroxylation is 4. The molecule has 0 amide bonds. The molecule has 2 aromatic carbocycles. The van der Waals surface area contributed by atoms with E-state index in [1.165, 1.54) is 0 Å². The van der Waals surface area contributed by atoms with Gasteiger partial charge in [-0.3, -0.25) is 0 Å². The lowest BCUT2D eigenvalue weighted by atomic mass is 10.0. The molecule has 168 valence electrons. The van der Waals surface area contributed by atoms with E-state index in [9.17, 15) is 14.0 Å². The van der Waals surface area contributed by atoms with Crippen molar-refractivity contribution < 1.29 is 23.5 Å². The van der Waals surface area contributed by atoms with E-state index in [0.29, 0.717) is 22.5 Å². The molecule has 6 heteroatoms. The number of anilines is 2. The second-order valence-electron chi connectivity index (χ2n) is 8.48. The average Bonchev–Trinajstić information content (AvgIpc) is 2.61. The van der Waals surface area contributed by atoms with Gasteiger partial charge >= 0.3 is 11.9 Å². The SMILES string of the molecule is Cc1cc(C)cc(N(c2cc(C)c(F)c(C)c2)C(C(=O)OC(C)C)C(=O)OC(C)C)c1. The molecule has 0 aliphatic rings. The lowest BCUT2D eigenvalue weighted by molar-refractivity contribution is -0.160. The van der Waals surface area contributed by atoms with E-state index >= 15 is 0 Å². The number of esters is 2. The van der Waals surface area contributed by atoms with Gasteiger partial charge in [-0.1, -0.05) is 6.07 Å². The Morgan fingerprint density at radius 3 is 1.52 bits per heavy atom. The summed E-state index contributed by atoms with van der Waals surface area (Å²) in [4.78, 5) is 27.8. The van der Waals surface area contributed by atoms with Crippen molar-refractivity contribution in [1.29, 1.82) is 0 Å². The van der Waals surface area contributed by atoms with Crippen LogP contribution in [-0.4, -0.2) is 30.2 Å². The number of carbonyl (C=O) groups is 2. The zero-order valence-electron chi connectivity index (χ0n) is 19.6. The molecule has 5 nitrogen and oxygen atoms in total. The molecule has 2 rings (SSSR count). The van der Waals surface area contributed by atoms with Crippen LogP contribution in [0.2, 0.25) is 0 Å². The number of carbonyl (C=O) groups excluding carboxylic acids is 2. The first-order valence-corrected chi connectivity index (χ1v) is 10.5. The Hall–Kier alpha value is -2.89. The Balaban J connectivity index is 2.77. The molecular weight excluding hydrogens is 397 g/mol. The van der Waals surface area contributed by atoms with Crippen molar-refractivity contribution in [3.8, 4) is 0 Å². The van der Waals surface area contributed by atoms with Gasteiger partial charge in [0.1, 0.15) is 5.82 Å². The second-order valence-corrected chi connectivity index (χ2v) is 8.48. The molecule has 0 radical (unpaired) electrons. The van der Waals surface area contributed by atoms with Gasteiger partial charge < -0.3 is 14.4 Å². The molecule has 0 unspecified atom stereocenters. The van der Waals surface area contributed by atoms with Crippen molar-refractivity contribution >= 4 is 23.3 Å². The van der Waals surface area contributed by atoms with Gasteiger partial charge in [-0.15, -0.1) is 0 Å². The molecule has 0 N–H and O–H groups in total. The molecule has 0 aliphatic heterocycles. The highest BCUT2D eigenvalue weighted by molar-refractivity contribution is 6.04. The highest BCUT2D eigenvalue weighted by atomic mass is 19.1. The molecule has 0 fully saturated rings. The average molecular weight is 430 g/mol. The molecule has 0 heterocycles. The van der Waals surface area contributed by atoms with Crippen LogP contribution in [-0.2, 0) is 19.1 Å². The van der Waals surface area contributed by atoms with Crippen molar-refractivity contribution in [1.82, 2.24) is 0 Å². The predicted molar refractivity (Wildman–Crippen MR) is 120 cm³/mol. The predicted octanol–water partition coefficient (Wildman–Crippen LogP) is 5.47. The van der Waals surface area contributed by atoms with Gasteiger partial charge in [0.2, 0.25) is 6.04 Å². The van der Waals surface area contributed by atoms with Crippen LogP contribution < -0.4 is 4.90 Å². The number of nitrogens with zero attached hydrogens (tertiary/aromatic N) is 1. The normalized spacial score (nSPS) is 11.2. The summed E-state index contributed by atoms with van der Waals surface area (Å²) < 4.78 is 25.2. The van der Waals surface area contributed by atoms with E-state index in [0.717, 1.165) is 11.1 Å². The van der Waals surface area contributed by atoms with Gasteiger partial charge in [0, 0.05) is 11.4 Å². The zero-order valence-corrected chi connectivity index (χ0v) is 19.6. The number of halogens is 1. The monoisotopic (exact) mass is 429 g/mol. The standard InChI is InChI=1S/C25H32FNO4/c1-14(2)30-24(28)23(25(29)31-15(3)4)27(20-10-16(5)9-17(6)11-20)21-12-18(7)22(26)19(8)13-21/h9-15,23H,1-8H3. The van der Waals surface area contributed by atoms with Crippen LogP contribution in [0.1, 0.15) is 49.9 Å². The Morgan fingerprint density at radius 1 is 0.742 bits per heavy atom. The number of ether oxygens (including phenoxy) is 2. The molecule has 2 aromatic rings. The van der Waals surface area contributed by atoms with Crippen LogP contribution >= 0.6 is 0 Å². The smallest absolute Gasteiger partial charge is 0.341 e. The number of hydrogen-bond acceptors (Lipinski definition) is 5. The highest BCUT2D eigenvalue weighted by Gasteiger charge is 2.38. The molecule has 0 saturated carbocycles. The summed E-state index contributed by atoms with van der Waals surface area (Å²) in [6.07, 6.45) is -0.834. The van der Waals surface area contributed by atoms with E-state index < -0.39 is 30.2 Å². The minimum atomic E-state index is -1.38. The van der Waals surface area contributed by atoms with E-state index in [1.54, 1.807) is 58.6 Å². The molecule has 0 spiro atoms. The lowest BCUT2D eigenvalue weighted by Crippen LogP contribution is -2.47. The minimum absolute atomic E-state index is 0.324. The molecular formula is C25H32FNO4. The molecule has 0 saturated heterocycles. The number of hydrogen-bond donors (Lipinski definition) is 0. The Labute approximate surface area is 184 Å². The maximum atomic E-state index is 14.4. The third-order valence-electron chi connectivity index (χ3n) is 4.59. The van der Waals surface area contributed by atoms with Gasteiger partial charge in [0.15, 0.2) is 0 Å². The fourth-order valence-electron chi connectivity index (χ4n) is 3.50. The molecule has 0 atom stereocenters. The van der Waals surface area contributed by atoms with Crippen molar-refractivity contribution in [2.24, 2.45) is 0 Å². The first-order valence-electron chi connectivity index (χ1n) is 10.5. The Bertz CT molecular complexity index is 903. The van der Waals surface area contributed by atoms with Crippen LogP contribution in [0.3, 0.4) is 0 Å². The third kappa shape index (κ3) is 6.06. The quantitative estimate of drug-likeness (QED) is 0.432. The summed E-state index contributed by atoms with van der Waals surface area (Å²) in [7, 11) is 0. The van der Waals surface area contributed by atoms with Gasteiger partial charge in [0.25, 0.3) is 0 Å². The summed E-state index contributed by atoms with van der Waals surface area (Å²) in [5.74, 6) is -1.77. The van der Waals surface area contributed by atoms with Crippen LogP contribution in [0.25, 0.3) is 0 Å².